The van der Waals surface area contributed by atoms with Crippen molar-refractivity contribution in [3.8, 4) is 5.75 Å². The van der Waals surface area contributed by atoms with E-state index in [2.05, 4.69) is 15.9 Å². The van der Waals surface area contributed by atoms with Gasteiger partial charge in [-0.1, -0.05) is 24.3 Å². The maximum atomic E-state index is 11.4. The van der Waals surface area contributed by atoms with Crippen LogP contribution in [0, 0.1) is 0 Å². The largest absolute Gasteiger partial charge is 0.487 e. The summed E-state index contributed by atoms with van der Waals surface area (Å²) in [6.45, 7) is 0.344. The SMILES string of the molecule is O=C(O)c1cc2ccccc2cc1OCc1sccc1Br. The lowest BCUT2D eigenvalue weighted by Gasteiger charge is -2.10. The van der Waals surface area contributed by atoms with Crippen molar-refractivity contribution < 1.29 is 14.6 Å². The molecule has 3 nitrogen and oxygen atoms in total. The molecule has 3 rings (SSSR count). The smallest absolute Gasteiger partial charge is 0.339 e. The molecule has 0 aliphatic heterocycles. The maximum absolute atomic E-state index is 11.4. The molecule has 21 heavy (non-hydrogen) atoms. The fraction of sp³-hybridized carbons (Fsp3) is 0.0625. The molecule has 0 aliphatic rings. The quantitative estimate of drug-likeness (QED) is 0.714. The molecule has 3 aromatic rings. The molecule has 5 heteroatoms. The third kappa shape index (κ3) is 2.94. The number of thiophene rings is 1. The van der Waals surface area contributed by atoms with Gasteiger partial charge >= 0.3 is 5.97 Å². The molecule has 0 bridgehead atoms. The van der Waals surface area contributed by atoms with E-state index >= 15 is 0 Å². The van der Waals surface area contributed by atoms with Crippen LogP contribution in [0.1, 0.15) is 15.2 Å². The highest BCUT2D eigenvalue weighted by atomic mass is 79.9. The number of hydrogen-bond donors (Lipinski definition) is 1. The summed E-state index contributed by atoms with van der Waals surface area (Å²) in [6.07, 6.45) is 0. The van der Waals surface area contributed by atoms with Gasteiger partial charge in [0, 0.05) is 4.47 Å². The van der Waals surface area contributed by atoms with E-state index in [0.29, 0.717) is 12.4 Å². The van der Waals surface area contributed by atoms with Crippen LogP contribution in [0.2, 0.25) is 0 Å². The average molecular weight is 363 g/mol. The number of halogens is 1. The fourth-order valence-corrected chi connectivity index (χ4v) is 3.46. The van der Waals surface area contributed by atoms with Gasteiger partial charge in [0.1, 0.15) is 17.9 Å². The van der Waals surface area contributed by atoms with Crippen molar-refractivity contribution in [3.05, 3.63) is 62.8 Å². The predicted molar refractivity (Wildman–Crippen MR) is 87.3 cm³/mol. The molecule has 0 radical (unpaired) electrons. The number of rotatable bonds is 4. The molecule has 106 valence electrons. The Morgan fingerprint density at radius 3 is 2.52 bits per heavy atom. The summed E-state index contributed by atoms with van der Waals surface area (Å²) in [5.74, 6) is -0.595. The highest BCUT2D eigenvalue weighted by Crippen LogP contribution is 2.29. The first-order valence-corrected chi connectivity index (χ1v) is 7.93. The minimum Gasteiger partial charge on any atom is -0.487 e. The first kappa shape index (κ1) is 14.1. The second-order valence-corrected chi connectivity index (χ2v) is 6.34. The predicted octanol–water partition coefficient (Wildman–Crippen LogP) is 4.94. The van der Waals surface area contributed by atoms with E-state index in [0.717, 1.165) is 20.1 Å². The lowest BCUT2D eigenvalue weighted by atomic mass is 10.1. The Hall–Kier alpha value is -1.85. The fourth-order valence-electron chi connectivity index (χ4n) is 2.08. The van der Waals surface area contributed by atoms with Crippen LogP contribution in [-0.4, -0.2) is 11.1 Å². The van der Waals surface area contributed by atoms with Crippen molar-refractivity contribution >= 4 is 44.0 Å². The highest BCUT2D eigenvalue weighted by molar-refractivity contribution is 9.10. The molecule has 0 atom stereocenters. The van der Waals surface area contributed by atoms with Gasteiger partial charge in [0.05, 0.1) is 4.88 Å². The summed E-state index contributed by atoms with van der Waals surface area (Å²) in [5, 5.41) is 13.2. The van der Waals surface area contributed by atoms with E-state index in [1.54, 1.807) is 23.5 Å². The van der Waals surface area contributed by atoms with E-state index < -0.39 is 5.97 Å². The number of hydrogen-bond acceptors (Lipinski definition) is 3. The first-order valence-electron chi connectivity index (χ1n) is 6.26. The number of fused-ring (bicyclic) bond motifs is 1. The van der Waals surface area contributed by atoms with Gasteiger partial charge in [0.25, 0.3) is 0 Å². The monoisotopic (exact) mass is 362 g/mol. The van der Waals surface area contributed by atoms with Crippen LogP contribution in [-0.2, 0) is 6.61 Å². The zero-order chi connectivity index (χ0) is 14.8. The molecule has 1 heterocycles. The molecule has 0 fully saturated rings. The van der Waals surface area contributed by atoms with Gasteiger partial charge in [-0.2, -0.15) is 0 Å². The van der Waals surface area contributed by atoms with Gasteiger partial charge < -0.3 is 9.84 Å². The minimum atomic E-state index is -0.985. The molecule has 0 amide bonds. The van der Waals surface area contributed by atoms with Gasteiger partial charge in [-0.3, -0.25) is 0 Å². The van der Waals surface area contributed by atoms with Gasteiger partial charge in [0.2, 0.25) is 0 Å². The van der Waals surface area contributed by atoms with Crippen molar-refractivity contribution in [3.63, 3.8) is 0 Å². The number of carboxylic acids is 1. The van der Waals surface area contributed by atoms with Crippen LogP contribution in [0.25, 0.3) is 10.8 Å². The summed E-state index contributed by atoms with van der Waals surface area (Å²) in [5.41, 5.74) is 0.182. The molecule has 0 spiro atoms. The van der Waals surface area contributed by atoms with Gasteiger partial charge in [-0.05, 0) is 50.3 Å². The normalized spacial score (nSPS) is 10.7. The lowest BCUT2D eigenvalue weighted by Crippen LogP contribution is -2.03. The zero-order valence-corrected chi connectivity index (χ0v) is 13.3. The van der Waals surface area contributed by atoms with Crippen LogP contribution in [0.15, 0.2) is 52.3 Å². The van der Waals surface area contributed by atoms with E-state index in [1.807, 2.05) is 35.7 Å². The summed E-state index contributed by atoms with van der Waals surface area (Å²) in [6, 6.07) is 13.0. The first-order chi connectivity index (χ1) is 10.1. The van der Waals surface area contributed by atoms with Crippen LogP contribution in [0.5, 0.6) is 5.75 Å². The average Bonchev–Trinajstić information content (AvgIpc) is 2.89. The Morgan fingerprint density at radius 1 is 1.19 bits per heavy atom. The van der Waals surface area contributed by atoms with Gasteiger partial charge in [-0.15, -0.1) is 11.3 Å². The minimum absolute atomic E-state index is 0.182. The second kappa shape index (κ2) is 5.87. The third-order valence-electron chi connectivity index (χ3n) is 3.13. The number of carboxylic acid groups (broad SMARTS) is 1. The lowest BCUT2D eigenvalue weighted by molar-refractivity contribution is 0.0692. The summed E-state index contributed by atoms with van der Waals surface area (Å²) in [7, 11) is 0. The van der Waals surface area contributed by atoms with Gasteiger partial charge in [-0.25, -0.2) is 4.79 Å². The molecule has 0 saturated heterocycles. The number of ether oxygens (including phenoxy) is 1. The zero-order valence-electron chi connectivity index (χ0n) is 10.9. The molecule has 0 saturated carbocycles. The Balaban J connectivity index is 1.97. The standard InChI is InChI=1S/C16H11BrO3S/c17-13-5-6-21-15(13)9-20-14-8-11-4-2-1-3-10(11)7-12(14)16(18)19/h1-8H,9H2,(H,18,19). The maximum Gasteiger partial charge on any atom is 0.339 e. The second-order valence-electron chi connectivity index (χ2n) is 4.48. The molecule has 1 N–H and O–H groups in total. The van der Waals surface area contributed by atoms with Crippen LogP contribution in [0.3, 0.4) is 0 Å². The van der Waals surface area contributed by atoms with E-state index in [4.69, 9.17) is 4.74 Å². The number of benzene rings is 2. The van der Waals surface area contributed by atoms with Crippen LogP contribution in [0.4, 0.5) is 0 Å². The van der Waals surface area contributed by atoms with E-state index in [9.17, 15) is 9.90 Å². The van der Waals surface area contributed by atoms with Gasteiger partial charge in [0.15, 0.2) is 0 Å². The molecule has 1 aromatic heterocycles. The van der Waals surface area contributed by atoms with E-state index in [1.165, 1.54) is 0 Å². The van der Waals surface area contributed by atoms with E-state index in [-0.39, 0.29) is 5.56 Å². The highest BCUT2D eigenvalue weighted by Gasteiger charge is 2.14. The number of carbonyl (C=O) groups is 1. The summed E-state index contributed by atoms with van der Waals surface area (Å²) in [4.78, 5) is 12.4. The Kier molecular flexibility index (Phi) is 3.94. The molecule has 2 aromatic carbocycles. The van der Waals surface area contributed by atoms with Crippen molar-refractivity contribution in [2.45, 2.75) is 6.61 Å². The molecular formula is C16H11BrO3S. The van der Waals surface area contributed by atoms with Crippen molar-refractivity contribution in [2.75, 3.05) is 0 Å². The summed E-state index contributed by atoms with van der Waals surface area (Å²) < 4.78 is 6.71. The van der Waals surface area contributed by atoms with Crippen molar-refractivity contribution in [2.24, 2.45) is 0 Å². The Bertz CT molecular complexity index is 810. The van der Waals surface area contributed by atoms with Crippen LogP contribution < -0.4 is 4.74 Å². The Morgan fingerprint density at radius 2 is 1.90 bits per heavy atom. The number of aromatic carboxylic acids is 1. The summed E-state index contributed by atoms with van der Waals surface area (Å²) >= 11 is 5.01. The molecule has 0 aliphatic carbocycles. The molecule has 0 unspecified atom stereocenters. The third-order valence-corrected chi connectivity index (χ3v) is 5.03. The van der Waals surface area contributed by atoms with Crippen LogP contribution >= 0.6 is 27.3 Å². The Labute approximate surface area is 133 Å². The van der Waals surface area contributed by atoms with Crippen molar-refractivity contribution in [1.29, 1.82) is 0 Å². The van der Waals surface area contributed by atoms with Crippen molar-refractivity contribution in [1.82, 2.24) is 0 Å². The molecular weight excluding hydrogens is 352 g/mol. The topological polar surface area (TPSA) is 46.5 Å².